The van der Waals surface area contributed by atoms with Gasteiger partial charge in [-0.15, -0.1) is 21.5 Å². The summed E-state index contributed by atoms with van der Waals surface area (Å²) in [5.74, 6) is -1.10. The molecule has 1 amide bonds. The molecule has 0 fully saturated rings. The van der Waals surface area contributed by atoms with Crippen LogP contribution in [0.25, 0.3) is 17.1 Å². The minimum atomic E-state index is -0.562. The van der Waals surface area contributed by atoms with E-state index in [1.165, 1.54) is 10.9 Å². The van der Waals surface area contributed by atoms with Crippen molar-refractivity contribution in [1.29, 1.82) is 0 Å². The molecule has 0 saturated carbocycles. The molecule has 0 saturated heterocycles. The van der Waals surface area contributed by atoms with Gasteiger partial charge in [-0.2, -0.15) is 0 Å². The second-order valence-electron chi connectivity index (χ2n) is 7.09. The van der Waals surface area contributed by atoms with Gasteiger partial charge in [-0.25, -0.2) is 4.39 Å². The van der Waals surface area contributed by atoms with Crippen molar-refractivity contribution >= 4 is 35.0 Å². The van der Waals surface area contributed by atoms with E-state index in [2.05, 4.69) is 15.5 Å². The Morgan fingerprint density at radius 1 is 1.03 bits per heavy atom. The number of ether oxygens (including phenoxy) is 1. The topological polar surface area (TPSA) is 86.1 Å². The lowest BCUT2D eigenvalue weighted by molar-refractivity contribution is -0.145. The summed E-state index contributed by atoms with van der Waals surface area (Å²) in [6.45, 7) is 0.125. The summed E-state index contributed by atoms with van der Waals surface area (Å²) >= 11 is 2.73. The average Bonchev–Trinajstić information content (AvgIpc) is 3.52. The van der Waals surface area contributed by atoms with Crippen molar-refractivity contribution < 1.29 is 18.7 Å². The van der Waals surface area contributed by atoms with Crippen molar-refractivity contribution in [1.82, 2.24) is 20.1 Å². The summed E-state index contributed by atoms with van der Waals surface area (Å²) in [7, 11) is 0. The second kappa shape index (κ2) is 11.6. The van der Waals surface area contributed by atoms with Gasteiger partial charge < -0.3 is 10.1 Å². The van der Waals surface area contributed by atoms with Gasteiger partial charge in [-0.3, -0.25) is 14.2 Å². The highest BCUT2D eigenvalue weighted by atomic mass is 32.2. The van der Waals surface area contributed by atoms with Gasteiger partial charge in [0.1, 0.15) is 5.82 Å². The van der Waals surface area contributed by atoms with Crippen LogP contribution < -0.4 is 5.32 Å². The van der Waals surface area contributed by atoms with Gasteiger partial charge in [-0.05, 0) is 42.1 Å². The number of thiophene rings is 1. The lowest BCUT2D eigenvalue weighted by atomic mass is 10.2. The molecule has 0 bridgehead atoms. The monoisotopic (exact) mass is 496 g/mol. The molecule has 0 spiro atoms. The van der Waals surface area contributed by atoms with E-state index in [1.54, 1.807) is 34.1 Å². The Hall–Kier alpha value is -3.50. The number of para-hydroxylation sites is 1. The predicted octanol–water partition coefficient (Wildman–Crippen LogP) is 4.13. The molecule has 34 heavy (non-hydrogen) atoms. The molecular weight excluding hydrogens is 475 g/mol. The Balaban J connectivity index is 1.36. The first-order valence-electron chi connectivity index (χ1n) is 10.4. The molecule has 2 heterocycles. The number of carbonyl (C=O) groups excluding carboxylic acids is 2. The number of carbonyl (C=O) groups is 2. The highest BCUT2D eigenvalue weighted by Gasteiger charge is 2.19. The lowest BCUT2D eigenvalue weighted by Gasteiger charge is -2.11. The molecule has 0 atom stereocenters. The Labute approximate surface area is 204 Å². The van der Waals surface area contributed by atoms with E-state index in [0.717, 1.165) is 23.9 Å². The van der Waals surface area contributed by atoms with Crippen molar-refractivity contribution in [3.63, 3.8) is 0 Å². The molecule has 1 N–H and O–H groups in total. The summed E-state index contributed by atoms with van der Waals surface area (Å²) in [5, 5.41) is 13.4. The number of esters is 1. The van der Waals surface area contributed by atoms with Crippen LogP contribution in [-0.4, -0.2) is 45.5 Å². The number of nitrogens with one attached hydrogen (secondary N) is 1. The van der Waals surface area contributed by atoms with Gasteiger partial charge in [0.2, 0.25) is 0 Å². The molecule has 0 aliphatic carbocycles. The molecule has 4 rings (SSSR count). The third kappa shape index (κ3) is 6.09. The van der Waals surface area contributed by atoms with Gasteiger partial charge in [0.05, 0.1) is 11.3 Å². The van der Waals surface area contributed by atoms with Crippen molar-refractivity contribution in [3.05, 3.63) is 82.8 Å². The number of thioether (sulfide) groups is 1. The number of nitrogens with zero attached hydrogens (tertiary/aromatic N) is 3. The van der Waals surface area contributed by atoms with Crippen molar-refractivity contribution in [2.24, 2.45) is 0 Å². The maximum atomic E-state index is 14.4. The number of hydrogen-bond donors (Lipinski definition) is 1. The third-order valence-corrected chi connectivity index (χ3v) is 6.56. The van der Waals surface area contributed by atoms with Crippen molar-refractivity contribution in [2.75, 3.05) is 18.9 Å². The van der Waals surface area contributed by atoms with Crippen LogP contribution in [0.15, 0.2) is 77.3 Å². The van der Waals surface area contributed by atoms with Crippen LogP contribution in [-0.2, 0) is 20.7 Å². The standard InChI is InChI=1S/C24H21FN4O3S2/c25-20-11-5-4-10-19(20)23-27-28-24(29(23)17-7-2-1-3-8-17)34-16-22(31)32-15-21(30)26-13-12-18-9-6-14-33-18/h1-11,14H,12-13,15-16H2,(H,26,30). The van der Waals surface area contributed by atoms with Crippen LogP contribution in [0.5, 0.6) is 0 Å². The molecule has 174 valence electrons. The largest absolute Gasteiger partial charge is 0.455 e. The van der Waals surface area contributed by atoms with Crippen molar-refractivity contribution in [3.8, 4) is 17.1 Å². The minimum Gasteiger partial charge on any atom is -0.455 e. The van der Waals surface area contributed by atoms with E-state index < -0.39 is 11.8 Å². The van der Waals surface area contributed by atoms with Gasteiger partial charge in [0.25, 0.3) is 5.91 Å². The quantitative estimate of drug-likeness (QED) is 0.263. The van der Waals surface area contributed by atoms with Crippen molar-refractivity contribution in [2.45, 2.75) is 11.6 Å². The highest BCUT2D eigenvalue weighted by molar-refractivity contribution is 7.99. The molecule has 10 heteroatoms. The van der Waals surface area contributed by atoms with Crippen LogP contribution in [0.2, 0.25) is 0 Å². The third-order valence-electron chi connectivity index (χ3n) is 4.72. The van der Waals surface area contributed by atoms with E-state index >= 15 is 0 Å². The molecule has 0 unspecified atom stereocenters. The van der Waals surface area contributed by atoms with Gasteiger partial charge in [-0.1, -0.05) is 48.2 Å². The fourth-order valence-electron chi connectivity index (χ4n) is 3.13. The first-order valence-corrected chi connectivity index (χ1v) is 12.3. The van der Waals surface area contributed by atoms with E-state index in [1.807, 2.05) is 47.8 Å². The number of hydrogen-bond acceptors (Lipinski definition) is 7. The summed E-state index contributed by atoms with van der Waals surface area (Å²) in [6.07, 6.45) is 0.729. The number of rotatable bonds is 10. The second-order valence-corrected chi connectivity index (χ2v) is 9.06. The number of halogens is 1. The summed E-state index contributed by atoms with van der Waals surface area (Å²) in [4.78, 5) is 25.3. The summed E-state index contributed by atoms with van der Waals surface area (Å²) in [6, 6.07) is 19.5. The molecule has 0 aliphatic rings. The molecule has 2 aromatic heterocycles. The normalized spacial score (nSPS) is 10.7. The Morgan fingerprint density at radius 3 is 2.59 bits per heavy atom. The predicted molar refractivity (Wildman–Crippen MR) is 129 cm³/mol. The minimum absolute atomic E-state index is 0.0787. The van der Waals surface area contributed by atoms with E-state index in [4.69, 9.17) is 4.74 Å². The maximum absolute atomic E-state index is 14.4. The smallest absolute Gasteiger partial charge is 0.316 e. The zero-order valence-corrected chi connectivity index (χ0v) is 19.7. The number of amides is 1. The lowest BCUT2D eigenvalue weighted by Crippen LogP contribution is -2.30. The Kier molecular flexibility index (Phi) is 8.05. The Bertz CT molecular complexity index is 1250. The first kappa shape index (κ1) is 23.7. The molecule has 0 aliphatic heterocycles. The Morgan fingerprint density at radius 2 is 1.82 bits per heavy atom. The van der Waals surface area contributed by atoms with Crippen LogP contribution in [0.3, 0.4) is 0 Å². The fraction of sp³-hybridized carbons (Fsp3) is 0.167. The summed E-state index contributed by atoms with van der Waals surface area (Å²) in [5.41, 5.74) is 1.03. The average molecular weight is 497 g/mol. The van der Waals surface area contributed by atoms with Gasteiger partial charge >= 0.3 is 5.97 Å². The number of aromatic nitrogens is 3. The molecule has 0 radical (unpaired) electrons. The zero-order chi connectivity index (χ0) is 23.8. The van der Waals surface area contributed by atoms with E-state index in [-0.39, 0.29) is 18.3 Å². The van der Waals surface area contributed by atoms with Gasteiger partial charge in [0.15, 0.2) is 17.6 Å². The molecular formula is C24H21FN4O3S2. The van der Waals surface area contributed by atoms with Crippen LogP contribution in [0.1, 0.15) is 4.88 Å². The SMILES string of the molecule is O=C(COC(=O)CSc1nnc(-c2ccccc2F)n1-c1ccccc1)NCCc1cccs1. The van der Waals surface area contributed by atoms with Crippen LogP contribution >= 0.6 is 23.1 Å². The van der Waals surface area contributed by atoms with E-state index in [9.17, 15) is 14.0 Å². The highest BCUT2D eigenvalue weighted by Crippen LogP contribution is 2.29. The van der Waals surface area contributed by atoms with Gasteiger partial charge in [0, 0.05) is 17.1 Å². The molecule has 7 nitrogen and oxygen atoms in total. The molecule has 2 aromatic carbocycles. The van der Waals surface area contributed by atoms with E-state index in [0.29, 0.717) is 23.1 Å². The zero-order valence-electron chi connectivity index (χ0n) is 18.0. The van der Waals surface area contributed by atoms with Crippen LogP contribution in [0, 0.1) is 5.82 Å². The first-order chi connectivity index (χ1) is 16.6. The number of benzene rings is 2. The molecule has 4 aromatic rings. The summed E-state index contributed by atoms with van der Waals surface area (Å²) < 4.78 is 21.2. The maximum Gasteiger partial charge on any atom is 0.316 e. The fourth-order valence-corrected chi connectivity index (χ4v) is 4.59. The van der Waals surface area contributed by atoms with Crippen LogP contribution in [0.4, 0.5) is 4.39 Å².